The van der Waals surface area contributed by atoms with E-state index in [2.05, 4.69) is 15.3 Å². The third kappa shape index (κ3) is 2.46. The molecule has 1 N–H and O–H groups in total. The number of hydrogen-bond acceptors (Lipinski definition) is 5. The van der Waals surface area contributed by atoms with E-state index in [1.54, 1.807) is 19.2 Å². The topological polar surface area (TPSA) is 56.3 Å². The number of nitrogens with one attached hydrogen (secondary N) is 1. The first-order valence-electron chi connectivity index (χ1n) is 5.25. The highest BCUT2D eigenvalue weighted by Gasteiger charge is 2.14. The molecule has 0 unspecified atom stereocenters. The van der Waals surface area contributed by atoms with Crippen LogP contribution in [0.2, 0.25) is 5.02 Å². The Morgan fingerprint density at radius 2 is 2.00 bits per heavy atom. The maximum absolute atomic E-state index is 6.02. The van der Waals surface area contributed by atoms with Crippen LogP contribution >= 0.6 is 11.6 Å². The summed E-state index contributed by atoms with van der Waals surface area (Å²) in [6, 6.07) is 7.14. The van der Waals surface area contributed by atoms with E-state index in [1.807, 2.05) is 12.1 Å². The number of halogens is 1. The molecule has 6 heteroatoms. The predicted octanol–water partition coefficient (Wildman–Crippen LogP) is 2.97. The number of methoxy groups -OCH3 is 1. The van der Waals surface area contributed by atoms with Crippen molar-refractivity contribution in [2.24, 2.45) is 0 Å². The zero-order valence-electron chi connectivity index (χ0n) is 9.98. The van der Waals surface area contributed by atoms with Crippen LogP contribution in [0.3, 0.4) is 0 Å². The van der Waals surface area contributed by atoms with Gasteiger partial charge in [0.25, 0.3) is 5.88 Å². The Bertz CT molecular complexity index is 549. The van der Waals surface area contributed by atoms with E-state index in [0.717, 1.165) is 0 Å². The van der Waals surface area contributed by atoms with E-state index in [1.165, 1.54) is 13.4 Å². The summed E-state index contributed by atoms with van der Waals surface area (Å²) in [4.78, 5) is 8.07. The number of benzene rings is 1. The number of para-hydroxylation sites is 1. The van der Waals surface area contributed by atoms with Crippen molar-refractivity contribution in [1.82, 2.24) is 9.97 Å². The van der Waals surface area contributed by atoms with Gasteiger partial charge in [0.2, 0.25) is 5.75 Å². The summed E-state index contributed by atoms with van der Waals surface area (Å²) in [5.41, 5.74) is 0. The molecule has 0 saturated heterocycles. The second-order valence-corrected chi connectivity index (χ2v) is 3.75. The molecular weight excluding hydrogens is 254 g/mol. The fraction of sp³-hybridized carbons (Fsp3) is 0.167. The molecule has 0 aliphatic carbocycles. The number of anilines is 1. The molecule has 0 atom stereocenters. The molecule has 1 aromatic heterocycles. The van der Waals surface area contributed by atoms with Crippen molar-refractivity contribution in [3.8, 4) is 17.4 Å². The maximum Gasteiger partial charge on any atom is 0.268 e. The number of aromatic nitrogens is 2. The largest absolute Gasteiger partial charge is 0.489 e. The lowest BCUT2D eigenvalue weighted by Crippen LogP contribution is -2.01. The van der Waals surface area contributed by atoms with Crippen molar-refractivity contribution >= 4 is 17.4 Å². The first-order valence-corrected chi connectivity index (χ1v) is 5.63. The van der Waals surface area contributed by atoms with Crippen molar-refractivity contribution in [3.05, 3.63) is 35.6 Å². The van der Waals surface area contributed by atoms with Crippen LogP contribution in [-0.4, -0.2) is 24.1 Å². The normalized spacial score (nSPS) is 9.94. The summed E-state index contributed by atoms with van der Waals surface area (Å²) in [6.07, 6.45) is 1.39. The summed E-state index contributed by atoms with van der Waals surface area (Å²) >= 11 is 6.02. The third-order valence-corrected chi connectivity index (χ3v) is 2.57. The molecule has 2 rings (SSSR count). The van der Waals surface area contributed by atoms with Crippen LogP contribution < -0.4 is 14.8 Å². The molecule has 0 fully saturated rings. The third-order valence-electron chi connectivity index (χ3n) is 2.26. The Balaban J connectivity index is 2.37. The minimum atomic E-state index is 0.310. The van der Waals surface area contributed by atoms with Gasteiger partial charge in [0.15, 0.2) is 5.82 Å². The van der Waals surface area contributed by atoms with Gasteiger partial charge in [-0.3, -0.25) is 0 Å². The molecule has 0 aliphatic heterocycles. The predicted molar refractivity (Wildman–Crippen MR) is 69.7 cm³/mol. The summed E-state index contributed by atoms with van der Waals surface area (Å²) in [6.45, 7) is 0. The smallest absolute Gasteiger partial charge is 0.268 e. The SMILES string of the molecule is CNc1ncnc(Oc2ccccc2Cl)c1OC. The quantitative estimate of drug-likeness (QED) is 0.921. The highest BCUT2D eigenvalue weighted by atomic mass is 35.5. The Morgan fingerprint density at radius 1 is 1.22 bits per heavy atom. The average molecular weight is 266 g/mol. The van der Waals surface area contributed by atoms with Crippen LogP contribution in [0.25, 0.3) is 0 Å². The van der Waals surface area contributed by atoms with Crippen LogP contribution in [0.15, 0.2) is 30.6 Å². The van der Waals surface area contributed by atoms with Gasteiger partial charge in [0.1, 0.15) is 12.1 Å². The van der Waals surface area contributed by atoms with E-state index in [9.17, 15) is 0 Å². The maximum atomic E-state index is 6.02. The molecule has 0 saturated carbocycles. The lowest BCUT2D eigenvalue weighted by molar-refractivity contribution is 0.369. The fourth-order valence-electron chi connectivity index (χ4n) is 1.42. The highest BCUT2D eigenvalue weighted by Crippen LogP contribution is 2.36. The van der Waals surface area contributed by atoms with Gasteiger partial charge < -0.3 is 14.8 Å². The molecule has 0 amide bonds. The molecule has 0 spiro atoms. The number of hydrogen-bond donors (Lipinski definition) is 1. The lowest BCUT2D eigenvalue weighted by atomic mass is 10.3. The lowest BCUT2D eigenvalue weighted by Gasteiger charge is -2.12. The molecule has 0 radical (unpaired) electrons. The second kappa shape index (κ2) is 5.55. The zero-order chi connectivity index (χ0) is 13.0. The van der Waals surface area contributed by atoms with Crippen LogP contribution in [0.4, 0.5) is 5.82 Å². The van der Waals surface area contributed by atoms with E-state index >= 15 is 0 Å². The van der Waals surface area contributed by atoms with E-state index in [4.69, 9.17) is 21.1 Å². The summed E-state index contributed by atoms with van der Waals surface area (Å²) in [5, 5.41) is 3.40. The van der Waals surface area contributed by atoms with Gasteiger partial charge in [0.05, 0.1) is 12.1 Å². The standard InChI is InChI=1S/C12H12ClN3O2/c1-14-11-10(17-2)12(16-7-15-11)18-9-6-4-3-5-8(9)13/h3-7H,1-2H3,(H,14,15,16). The molecule has 0 aliphatic rings. The van der Waals surface area contributed by atoms with Gasteiger partial charge in [-0.2, -0.15) is 4.98 Å². The first-order chi connectivity index (χ1) is 8.76. The number of rotatable bonds is 4. The van der Waals surface area contributed by atoms with Gasteiger partial charge in [-0.05, 0) is 12.1 Å². The van der Waals surface area contributed by atoms with Gasteiger partial charge in [-0.25, -0.2) is 4.98 Å². The molecule has 1 heterocycles. The second-order valence-electron chi connectivity index (χ2n) is 3.34. The summed E-state index contributed by atoms with van der Waals surface area (Å²) in [5.74, 6) is 1.80. The Labute approximate surface area is 110 Å². The molecular formula is C12H12ClN3O2. The first kappa shape index (κ1) is 12.4. The average Bonchev–Trinajstić information content (AvgIpc) is 2.41. The van der Waals surface area contributed by atoms with Crippen molar-refractivity contribution in [3.63, 3.8) is 0 Å². The van der Waals surface area contributed by atoms with Gasteiger partial charge in [0, 0.05) is 7.05 Å². The fourth-order valence-corrected chi connectivity index (χ4v) is 1.60. The van der Waals surface area contributed by atoms with E-state index < -0.39 is 0 Å². The summed E-state index contributed by atoms with van der Waals surface area (Å²) < 4.78 is 10.8. The van der Waals surface area contributed by atoms with Crippen molar-refractivity contribution in [2.75, 3.05) is 19.5 Å². The zero-order valence-corrected chi connectivity index (χ0v) is 10.7. The minimum Gasteiger partial charge on any atom is -0.489 e. The number of ether oxygens (including phenoxy) is 2. The Kier molecular flexibility index (Phi) is 3.84. The van der Waals surface area contributed by atoms with Crippen LogP contribution in [0.1, 0.15) is 0 Å². The van der Waals surface area contributed by atoms with E-state index in [0.29, 0.717) is 28.2 Å². The van der Waals surface area contributed by atoms with Gasteiger partial charge >= 0.3 is 0 Å². The highest BCUT2D eigenvalue weighted by molar-refractivity contribution is 6.32. The number of nitrogens with zero attached hydrogens (tertiary/aromatic N) is 2. The molecule has 5 nitrogen and oxygen atoms in total. The van der Waals surface area contributed by atoms with Crippen molar-refractivity contribution < 1.29 is 9.47 Å². The van der Waals surface area contributed by atoms with Gasteiger partial charge in [-0.15, -0.1) is 0 Å². The molecule has 94 valence electrons. The molecule has 18 heavy (non-hydrogen) atoms. The van der Waals surface area contributed by atoms with Crippen molar-refractivity contribution in [1.29, 1.82) is 0 Å². The molecule has 0 bridgehead atoms. The monoisotopic (exact) mass is 265 g/mol. The van der Waals surface area contributed by atoms with Gasteiger partial charge in [-0.1, -0.05) is 23.7 Å². The van der Waals surface area contributed by atoms with Crippen LogP contribution in [0, 0.1) is 0 Å². The minimum absolute atomic E-state index is 0.310. The Morgan fingerprint density at radius 3 is 2.67 bits per heavy atom. The molecule has 1 aromatic carbocycles. The van der Waals surface area contributed by atoms with Crippen LogP contribution in [0.5, 0.6) is 17.4 Å². The molecule has 2 aromatic rings. The van der Waals surface area contributed by atoms with Crippen LogP contribution in [-0.2, 0) is 0 Å². The Hall–Kier alpha value is -2.01. The van der Waals surface area contributed by atoms with E-state index in [-0.39, 0.29) is 0 Å². The summed E-state index contributed by atoms with van der Waals surface area (Å²) in [7, 11) is 3.27. The van der Waals surface area contributed by atoms with Crippen molar-refractivity contribution in [2.45, 2.75) is 0 Å².